The van der Waals surface area contributed by atoms with Crippen LogP contribution in [0.2, 0.25) is 0 Å². The standard InChI is InChI=1S/C28H32N2O5S/c1-34-27-16-15-26(36(32,33)30-18-6-3-7-19-30)20-23(27)10-17-28(31)29-24-11-13-25(14-12-24)35-21-22-8-4-2-5-9-22/h2,4-5,8-9,11-16,20H,3,6-7,10,17-19,21H2,1H3,(H,29,31). The smallest absolute Gasteiger partial charge is 0.243 e. The van der Waals surface area contributed by atoms with Crippen LogP contribution in [0, 0.1) is 0 Å². The normalized spacial score (nSPS) is 14.2. The lowest BCUT2D eigenvalue weighted by Crippen LogP contribution is -2.35. The molecule has 0 aliphatic carbocycles. The molecule has 0 aromatic heterocycles. The molecule has 0 atom stereocenters. The molecule has 1 aliphatic rings. The van der Waals surface area contributed by atoms with Crippen LogP contribution in [-0.2, 0) is 27.8 Å². The molecule has 8 heteroatoms. The van der Waals surface area contributed by atoms with Crippen LogP contribution < -0.4 is 14.8 Å². The topological polar surface area (TPSA) is 84.9 Å². The molecule has 1 heterocycles. The van der Waals surface area contributed by atoms with E-state index < -0.39 is 10.0 Å². The Labute approximate surface area is 213 Å². The van der Waals surface area contributed by atoms with Crippen LogP contribution in [0.5, 0.6) is 11.5 Å². The number of carbonyl (C=O) groups excluding carboxylic acids is 1. The molecule has 0 spiro atoms. The zero-order valence-corrected chi connectivity index (χ0v) is 21.3. The van der Waals surface area contributed by atoms with Gasteiger partial charge < -0.3 is 14.8 Å². The Morgan fingerprint density at radius 2 is 1.67 bits per heavy atom. The van der Waals surface area contributed by atoms with Gasteiger partial charge in [-0.15, -0.1) is 0 Å². The maximum Gasteiger partial charge on any atom is 0.243 e. The zero-order chi connectivity index (χ0) is 25.4. The highest BCUT2D eigenvalue weighted by Gasteiger charge is 2.26. The maximum absolute atomic E-state index is 13.1. The van der Waals surface area contributed by atoms with Crippen molar-refractivity contribution in [2.45, 2.75) is 43.6 Å². The quantitative estimate of drug-likeness (QED) is 0.416. The third kappa shape index (κ3) is 6.65. The minimum absolute atomic E-state index is 0.167. The van der Waals surface area contributed by atoms with Crippen molar-refractivity contribution in [3.63, 3.8) is 0 Å². The predicted molar refractivity (Wildman–Crippen MR) is 140 cm³/mol. The van der Waals surface area contributed by atoms with Crippen LogP contribution in [0.3, 0.4) is 0 Å². The van der Waals surface area contributed by atoms with Crippen molar-refractivity contribution in [2.24, 2.45) is 0 Å². The summed E-state index contributed by atoms with van der Waals surface area (Å²) in [7, 11) is -2.02. The van der Waals surface area contributed by atoms with Gasteiger partial charge in [0.05, 0.1) is 12.0 Å². The number of benzene rings is 3. The Bertz CT molecular complexity index is 1250. The van der Waals surface area contributed by atoms with Crippen molar-refractivity contribution in [3.05, 3.63) is 83.9 Å². The number of nitrogens with zero attached hydrogens (tertiary/aromatic N) is 1. The first-order valence-corrected chi connectivity index (χ1v) is 13.6. The summed E-state index contributed by atoms with van der Waals surface area (Å²) in [6, 6.07) is 22.0. The van der Waals surface area contributed by atoms with E-state index in [9.17, 15) is 13.2 Å². The van der Waals surface area contributed by atoms with E-state index in [2.05, 4.69) is 5.32 Å². The van der Waals surface area contributed by atoms with Gasteiger partial charge in [-0.05, 0) is 72.9 Å². The van der Waals surface area contributed by atoms with Gasteiger partial charge in [-0.1, -0.05) is 36.8 Å². The average Bonchev–Trinajstić information content (AvgIpc) is 2.92. The van der Waals surface area contributed by atoms with Gasteiger partial charge in [0.1, 0.15) is 18.1 Å². The summed E-state index contributed by atoms with van der Waals surface area (Å²) in [6.45, 7) is 1.56. The Kier molecular flexibility index (Phi) is 8.61. The Morgan fingerprint density at radius 3 is 2.36 bits per heavy atom. The maximum atomic E-state index is 13.1. The molecule has 4 rings (SSSR count). The molecule has 3 aromatic carbocycles. The monoisotopic (exact) mass is 508 g/mol. The molecule has 36 heavy (non-hydrogen) atoms. The Hall–Kier alpha value is -3.36. The number of hydrogen-bond donors (Lipinski definition) is 1. The molecule has 7 nitrogen and oxygen atoms in total. The molecular weight excluding hydrogens is 476 g/mol. The molecule has 1 saturated heterocycles. The number of nitrogens with one attached hydrogen (secondary N) is 1. The fraction of sp³-hybridized carbons (Fsp3) is 0.321. The van der Waals surface area contributed by atoms with Crippen LogP contribution in [0.1, 0.15) is 36.8 Å². The number of carbonyl (C=O) groups is 1. The van der Waals surface area contributed by atoms with Gasteiger partial charge in [-0.25, -0.2) is 8.42 Å². The first-order chi connectivity index (χ1) is 17.5. The highest BCUT2D eigenvalue weighted by atomic mass is 32.2. The molecule has 0 saturated carbocycles. The van der Waals surface area contributed by atoms with Crippen LogP contribution in [-0.4, -0.2) is 38.8 Å². The van der Waals surface area contributed by atoms with Gasteiger partial charge in [-0.2, -0.15) is 4.31 Å². The number of ether oxygens (including phenoxy) is 2. The summed E-state index contributed by atoms with van der Waals surface area (Å²) in [5, 5.41) is 2.89. The van der Waals surface area contributed by atoms with E-state index in [1.165, 1.54) is 0 Å². The number of sulfonamides is 1. The summed E-state index contributed by atoms with van der Waals surface area (Å²) in [5.41, 5.74) is 2.44. The van der Waals surface area contributed by atoms with Gasteiger partial charge in [-0.3, -0.25) is 4.79 Å². The number of methoxy groups -OCH3 is 1. The first-order valence-electron chi connectivity index (χ1n) is 12.2. The van der Waals surface area contributed by atoms with Crippen molar-refractivity contribution < 1.29 is 22.7 Å². The lowest BCUT2D eigenvalue weighted by Gasteiger charge is -2.26. The average molecular weight is 509 g/mol. The van der Waals surface area contributed by atoms with Crippen molar-refractivity contribution in [2.75, 3.05) is 25.5 Å². The highest BCUT2D eigenvalue weighted by Crippen LogP contribution is 2.27. The fourth-order valence-corrected chi connectivity index (χ4v) is 5.78. The van der Waals surface area contributed by atoms with E-state index in [0.717, 1.165) is 24.8 Å². The van der Waals surface area contributed by atoms with Crippen LogP contribution >= 0.6 is 0 Å². The Balaban J connectivity index is 1.34. The van der Waals surface area contributed by atoms with Crippen molar-refractivity contribution in [3.8, 4) is 11.5 Å². The van der Waals surface area contributed by atoms with Gasteiger partial charge in [0.25, 0.3) is 0 Å². The Morgan fingerprint density at radius 1 is 0.944 bits per heavy atom. The molecule has 1 fully saturated rings. The molecule has 1 N–H and O–H groups in total. The predicted octanol–water partition coefficient (Wildman–Crippen LogP) is 5.02. The highest BCUT2D eigenvalue weighted by molar-refractivity contribution is 7.89. The number of piperidine rings is 1. The van der Waals surface area contributed by atoms with E-state index in [1.54, 1.807) is 41.7 Å². The molecule has 0 radical (unpaired) electrons. The zero-order valence-electron chi connectivity index (χ0n) is 20.5. The third-order valence-corrected chi connectivity index (χ3v) is 8.11. The van der Waals surface area contributed by atoms with E-state index in [-0.39, 0.29) is 17.2 Å². The van der Waals surface area contributed by atoms with E-state index in [1.807, 2.05) is 42.5 Å². The second kappa shape index (κ2) is 12.1. The molecule has 0 unspecified atom stereocenters. The lowest BCUT2D eigenvalue weighted by molar-refractivity contribution is -0.116. The lowest BCUT2D eigenvalue weighted by atomic mass is 10.1. The molecule has 1 aliphatic heterocycles. The van der Waals surface area contributed by atoms with Crippen molar-refractivity contribution in [1.29, 1.82) is 0 Å². The van der Waals surface area contributed by atoms with Gasteiger partial charge in [0.2, 0.25) is 15.9 Å². The van der Waals surface area contributed by atoms with E-state index in [4.69, 9.17) is 9.47 Å². The molecule has 1 amide bonds. The second-order valence-electron chi connectivity index (χ2n) is 8.79. The second-order valence-corrected chi connectivity index (χ2v) is 10.7. The minimum Gasteiger partial charge on any atom is -0.496 e. The van der Waals surface area contributed by atoms with Crippen LogP contribution in [0.15, 0.2) is 77.7 Å². The number of hydrogen-bond acceptors (Lipinski definition) is 5. The summed E-state index contributed by atoms with van der Waals surface area (Å²) >= 11 is 0. The number of amides is 1. The largest absolute Gasteiger partial charge is 0.496 e. The minimum atomic E-state index is -3.56. The van der Waals surface area contributed by atoms with Gasteiger partial charge >= 0.3 is 0 Å². The van der Waals surface area contributed by atoms with E-state index >= 15 is 0 Å². The molecule has 190 valence electrons. The first kappa shape index (κ1) is 25.7. The summed E-state index contributed by atoms with van der Waals surface area (Å²) in [5.74, 6) is 1.12. The van der Waals surface area contributed by atoms with E-state index in [0.29, 0.717) is 48.9 Å². The van der Waals surface area contributed by atoms with Crippen molar-refractivity contribution >= 4 is 21.6 Å². The third-order valence-electron chi connectivity index (χ3n) is 6.21. The fourth-order valence-electron chi connectivity index (χ4n) is 4.21. The summed E-state index contributed by atoms with van der Waals surface area (Å²) in [6.07, 6.45) is 3.36. The van der Waals surface area contributed by atoms with Crippen molar-refractivity contribution in [1.82, 2.24) is 4.31 Å². The number of rotatable bonds is 10. The summed E-state index contributed by atoms with van der Waals surface area (Å²) < 4.78 is 38.9. The van der Waals surface area contributed by atoms with Gasteiger partial charge in [0, 0.05) is 25.2 Å². The van der Waals surface area contributed by atoms with Gasteiger partial charge in [0.15, 0.2) is 0 Å². The number of anilines is 1. The molecule has 0 bridgehead atoms. The SMILES string of the molecule is COc1ccc(S(=O)(=O)N2CCCCC2)cc1CCC(=O)Nc1ccc(OCc2ccccc2)cc1. The van der Waals surface area contributed by atoms with Crippen LogP contribution in [0.4, 0.5) is 5.69 Å². The molecular formula is C28H32N2O5S. The summed E-state index contributed by atoms with van der Waals surface area (Å²) in [4.78, 5) is 12.8. The molecule has 3 aromatic rings. The number of aryl methyl sites for hydroxylation is 1. The van der Waals surface area contributed by atoms with Crippen LogP contribution in [0.25, 0.3) is 0 Å².